The fourth-order valence-corrected chi connectivity index (χ4v) is 14.1. The van der Waals surface area contributed by atoms with Gasteiger partial charge < -0.3 is 5.32 Å². The zero-order valence-corrected chi connectivity index (χ0v) is 42.3. The van der Waals surface area contributed by atoms with Gasteiger partial charge in [0.25, 0.3) is 0 Å². The fourth-order valence-electron chi connectivity index (χ4n) is 11.1. The Morgan fingerprint density at radius 2 is 1.03 bits per heavy atom. The zero-order chi connectivity index (χ0) is 48.9. The molecular formula is C63H64FN3O2S2. The van der Waals surface area contributed by atoms with Crippen molar-refractivity contribution < 1.29 is 14.0 Å². The largest absolute Gasteiger partial charge is 0.354 e. The number of hydrogen-bond acceptors (Lipinski definition) is 6. The van der Waals surface area contributed by atoms with Gasteiger partial charge in [-0.25, -0.2) is 4.39 Å². The van der Waals surface area contributed by atoms with Crippen LogP contribution in [0.3, 0.4) is 0 Å². The van der Waals surface area contributed by atoms with Gasteiger partial charge >= 0.3 is 0 Å². The van der Waals surface area contributed by atoms with E-state index in [1.54, 1.807) is 0 Å². The van der Waals surface area contributed by atoms with E-state index in [-0.39, 0.29) is 30.1 Å². The predicted molar refractivity (Wildman–Crippen MR) is 294 cm³/mol. The van der Waals surface area contributed by atoms with Crippen LogP contribution in [0.15, 0.2) is 212 Å². The number of rotatable bonds is 23. The molecule has 0 aliphatic carbocycles. The minimum atomic E-state index is -0.471. The van der Waals surface area contributed by atoms with Gasteiger partial charge in [0.2, 0.25) is 5.91 Å². The van der Waals surface area contributed by atoms with Crippen LogP contribution in [-0.2, 0) is 19.1 Å². The fraction of sp³-hybridized carbons (Fsp3) is 0.270. The van der Waals surface area contributed by atoms with Crippen LogP contribution in [0.4, 0.5) is 4.39 Å². The summed E-state index contributed by atoms with van der Waals surface area (Å²) in [6.07, 6.45) is 4.05. The van der Waals surface area contributed by atoms with Crippen LogP contribution in [0, 0.1) is 5.82 Å². The summed E-state index contributed by atoms with van der Waals surface area (Å²) in [5.41, 5.74) is 10.2. The molecule has 0 radical (unpaired) electrons. The van der Waals surface area contributed by atoms with Crippen molar-refractivity contribution in [3.05, 3.63) is 257 Å². The molecule has 0 aromatic heterocycles. The number of fused-ring (bicyclic) bond motifs is 2. The molecule has 362 valence electrons. The summed E-state index contributed by atoms with van der Waals surface area (Å²) in [7, 11) is 0. The van der Waals surface area contributed by atoms with Gasteiger partial charge in [0.05, 0.1) is 16.0 Å². The number of ketones is 1. The molecule has 71 heavy (non-hydrogen) atoms. The van der Waals surface area contributed by atoms with E-state index in [1.165, 1.54) is 45.5 Å². The van der Waals surface area contributed by atoms with E-state index in [9.17, 15) is 14.0 Å². The minimum Gasteiger partial charge on any atom is -0.354 e. The van der Waals surface area contributed by atoms with Crippen LogP contribution in [-0.4, -0.2) is 77.8 Å². The Kier molecular flexibility index (Phi) is 16.8. The molecule has 1 fully saturated rings. The van der Waals surface area contributed by atoms with Crippen LogP contribution in [0.2, 0.25) is 0 Å². The molecule has 2 aliphatic rings. The van der Waals surface area contributed by atoms with E-state index < -0.39 is 9.49 Å². The lowest BCUT2D eigenvalue weighted by Crippen LogP contribution is -2.45. The van der Waals surface area contributed by atoms with Gasteiger partial charge in [-0.05, 0) is 88.9 Å². The maximum atomic E-state index is 14.3. The molecule has 2 aliphatic heterocycles. The monoisotopic (exact) mass is 977 g/mol. The first-order valence-electron chi connectivity index (χ1n) is 25.3. The highest BCUT2D eigenvalue weighted by atomic mass is 32.2. The van der Waals surface area contributed by atoms with Crippen molar-refractivity contribution in [3.63, 3.8) is 0 Å². The van der Waals surface area contributed by atoms with E-state index in [0.29, 0.717) is 31.3 Å². The van der Waals surface area contributed by atoms with Crippen molar-refractivity contribution in [3.8, 4) is 0 Å². The first-order valence-corrected chi connectivity index (χ1v) is 27.3. The summed E-state index contributed by atoms with van der Waals surface area (Å²) in [4.78, 5) is 32.9. The quantitative estimate of drug-likeness (QED) is 0.0509. The lowest BCUT2D eigenvalue weighted by atomic mass is 9.84. The number of carbonyl (C=O) groups is 2. The Labute approximate surface area is 429 Å². The van der Waals surface area contributed by atoms with Gasteiger partial charge in [-0.3, -0.25) is 19.4 Å². The second kappa shape index (κ2) is 23.9. The normalized spacial score (nSPS) is 16.0. The molecule has 1 saturated heterocycles. The minimum absolute atomic E-state index is 0.0153. The van der Waals surface area contributed by atoms with E-state index in [1.807, 2.05) is 42.6 Å². The van der Waals surface area contributed by atoms with Crippen molar-refractivity contribution in [1.29, 1.82) is 0 Å². The average Bonchev–Trinajstić information content (AvgIpc) is 3.70. The van der Waals surface area contributed by atoms with Gasteiger partial charge in [0.15, 0.2) is 5.78 Å². The van der Waals surface area contributed by atoms with Crippen LogP contribution in [0.25, 0.3) is 5.57 Å². The Bertz CT molecular complexity index is 2620. The van der Waals surface area contributed by atoms with Gasteiger partial charge in [-0.1, -0.05) is 201 Å². The molecule has 8 heteroatoms. The zero-order valence-electron chi connectivity index (χ0n) is 40.7. The molecule has 0 spiro atoms. The molecule has 7 aromatic carbocycles. The Morgan fingerprint density at radius 3 is 1.46 bits per heavy atom. The van der Waals surface area contributed by atoms with Gasteiger partial charge in [0.1, 0.15) is 5.82 Å². The Hall–Kier alpha value is -6.03. The highest BCUT2D eigenvalue weighted by molar-refractivity contribution is 8.00. The smallest absolute Gasteiger partial charge is 0.234 e. The average molecular weight is 978 g/mol. The Balaban J connectivity index is 0.942. The van der Waals surface area contributed by atoms with Crippen molar-refractivity contribution in [2.75, 3.05) is 44.2 Å². The maximum Gasteiger partial charge on any atom is 0.234 e. The number of halogens is 1. The first kappa shape index (κ1) is 49.9. The summed E-state index contributed by atoms with van der Waals surface area (Å²) in [5.74, 6) is 1.42. The molecule has 1 amide bonds. The van der Waals surface area contributed by atoms with E-state index in [4.69, 9.17) is 0 Å². The van der Waals surface area contributed by atoms with Crippen molar-refractivity contribution >= 4 is 40.8 Å². The molecule has 2 atom stereocenters. The highest BCUT2D eigenvalue weighted by Crippen LogP contribution is 2.50. The number of amides is 1. The van der Waals surface area contributed by atoms with Crippen molar-refractivity contribution in [2.45, 2.75) is 60.6 Å². The lowest BCUT2D eigenvalue weighted by Gasteiger charge is -2.38. The third-order valence-electron chi connectivity index (χ3n) is 14.4. The number of nitrogens with one attached hydrogen (secondary N) is 1. The third-order valence-corrected chi connectivity index (χ3v) is 17.4. The Morgan fingerprint density at radius 1 is 0.592 bits per heavy atom. The summed E-state index contributed by atoms with van der Waals surface area (Å²) < 4.78 is 13.1. The second-order valence-electron chi connectivity index (χ2n) is 18.6. The summed E-state index contributed by atoms with van der Waals surface area (Å²) in [6.45, 7) is 5.02. The second-order valence-corrected chi connectivity index (χ2v) is 21.2. The first-order chi connectivity index (χ1) is 34.9. The number of thioether (sulfide) groups is 2. The molecule has 1 unspecified atom stereocenters. The standard InChI is InChI=1S/C63H64FN3O2S2/c1-2-59(68)61-57(48-34-36-55(64)37-35-48)46-56-38-39-58(61)67(56)42-21-41-66(43-45-71-63(52-28-15-6-16-29-52,53-30-17-7-18-31-53)54-32-19-8-20-33-54)47-60(69)65-40-44-70-62(49-22-9-3-10-23-49,50-24-11-4-12-25-50)51-26-13-5-14-27-51/h3-20,22-37,56,58H,2,21,38-47H2,1H3,(H,65,69)/t56?,58-/m1/s1. The van der Waals surface area contributed by atoms with Crippen molar-refractivity contribution in [1.82, 2.24) is 15.1 Å². The molecule has 1 N–H and O–H groups in total. The van der Waals surface area contributed by atoms with Gasteiger partial charge in [-0.2, -0.15) is 0 Å². The molecule has 0 saturated carbocycles. The van der Waals surface area contributed by atoms with Crippen LogP contribution >= 0.6 is 23.5 Å². The number of carbonyl (C=O) groups excluding carboxylic acids is 2. The summed E-state index contributed by atoms with van der Waals surface area (Å²) in [6, 6.07) is 71.5. The third kappa shape index (κ3) is 11.2. The predicted octanol–water partition coefficient (Wildman–Crippen LogP) is 13.1. The number of benzene rings is 7. The molecule has 9 rings (SSSR count). The van der Waals surface area contributed by atoms with Crippen LogP contribution < -0.4 is 5.32 Å². The van der Waals surface area contributed by atoms with Crippen LogP contribution in [0.1, 0.15) is 78.0 Å². The van der Waals surface area contributed by atoms with Crippen molar-refractivity contribution in [2.24, 2.45) is 0 Å². The molecule has 2 bridgehead atoms. The summed E-state index contributed by atoms with van der Waals surface area (Å²) in [5, 5.41) is 3.35. The van der Waals surface area contributed by atoms with Gasteiger partial charge in [-0.15, -0.1) is 23.5 Å². The molecular weight excluding hydrogens is 914 g/mol. The van der Waals surface area contributed by atoms with Crippen LogP contribution in [0.5, 0.6) is 0 Å². The van der Waals surface area contributed by atoms with E-state index in [2.05, 4.69) is 197 Å². The van der Waals surface area contributed by atoms with E-state index in [0.717, 1.165) is 61.2 Å². The summed E-state index contributed by atoms with van der Waals surface area (Å²) >= 11 is 3.78. The topological polar surface area (TPSA) is 52.7 Å². The molecule has 2 heterocycles. The number of nitrogens with zero attached hydrogens (tertiary/aromatic N) is 2. The van der Waals surface area contributed by atoms with Gasteiger partial charge in [0, 0.05) is 55.2 Å². The van der Waals surface area contributed by atoms with E-state index >= 15 is 0 Å². The number of Topliss-reactive ketones (excluding diaryl/α,β-unsaturated/α-hetero) is 1. The highest BCUT2D eigenvalue weighted by Gasteiger charge is 2.43. The molecule has 5 nitrogen and oxygen atoms in total. The maximum absolute atomic E-state index is 14.3. The molecule has 7 aromatic rings. The lowest BCUT2D eigenvalue weighted by molar-refractivity contribution is -0.122. The SMILES string of the molecule is CCC(=O)C1=C(c2ccc(F)cc2)CC2CC[C@H]1N2CCCN(CCSC(c1ccccc1)(c1ccccc1)c1ccccc1)CC(=O)NCCSC(c1ccccc1)(c1ccccc1)c1ccccc1. The number of hydrogen-bond donors (Lipinski definition) is 1.